The molecule has 2 aromatic heterocycles. The van der Waals surface area contributed by atoms with Crippen LogP contribution in [-0.4, -0.2) is 85.2 Å². The van der Waals surface area contributed by atoms with Crippen LogP contribution in [0.25, 0.3) is 0 Å². The van der Waals surface area contributed by atoms with Crippen molar-refractivity contribution in [2.75, 3.05) is 12.3 Å². The number of unbranched alkanes of at least 4 members (excludes halogenated alkanes) is 1. The van der Waals surface area contributed by atoms with E-state index in [0.717, 1.165) is 0 Å². The van der Waals surface area contributed by atoms with Crippen LogP contribution in [0.15, 0.2) is 25.0 Å². The van der Waals surface area contributed by atoms with Gasteiger partial charge in [0.1, 0.15) is 18.1 Å². The van der Waals surface area contributed by atoms with Crippen LogP contribution in [0.2, 0.25) is 0 Å². The normalized spacial score (nSPS) is 14.3. The summed E-state index contributed by atoms with van der Waals surface area (Å²) < 4.78 is 0. The second kappa shape index (κ2) is 14.9. The van der Waals surface area contributed by atoms with Crippen molar-refractivity contribution in [2.24, 2.45) is 11.5 Å². The molecule has 198 valence electrons. The molecule has 2 aromatic rings. The highest BCUT2D eigenvalue weighted by Gasteiger charge is 2.30. The van der Waals surface area contributed by atoms with Gasteiger partial charge in [-0.25, -0.2) is 14.8 Å². The molecule has 14 nitrogen and oxygen atoms in total. The molecular formula is C21H33N9O5S. The largest absolute Gasteiger partial charge is 0.480 e. The van der Waals surface area contributed by atoms with Crippen LogP contribution in [0.5, 0.6) is 0 Å². The number of nitrogens with two attached hydrogens (primary N) is 2. The van der Waals surface area contributed by atoms with E-state index in [0.29, 0.717) is 30.8 Å². The third kappa shape index (κ3) is 9.31. The van der Waals surface area contributed by atoms with Crippen LogP contribution < -0.4 is 27.4 Å². The van der Waals surface area contributed by atoms with Gasteiger partial charge in [-0.15, -0.1) is 0 Å². The van der Waals surface area contributed by atoms with Gasteiger partial charge in [-0.05, 0) is 25.8 Å². The minimum atomic E-state index is -1.26. The Morgan fingerprint density at radius 3 is 1.97 bits per heavy atom. The Hall–Kier alpha value is -3.43. The number of carboxylic acid groups (broad SMARTS) is 1. The van der Waals surface area contributed by atoms with Crippen LogP contribution in [0.3, 0.4) is 0 Å². The first-order chi connectivity index (χ1) is 17.2. The molecule has 0 bridgehead atoms. The van der Waals surface area contributed by atoms with Crippen molar-refractivity contribution in [3.8, 4) is 0 Å². The maximum absolute atomic E-state index is 13.2. The molecule has 0 aliphatic carbocycles. The predicted octanol–water partition coefficient (Wildman–Crippen LogP) is -2.16. The summed E-state index contributed by atoms with van der Waals surface area (Å²) in [6.45, 7) is 0.410. The molecule has 0 fully saturated rings. The number of hydrogen-bond donors (Lipinski definition) is 9. The van der Waals surface area contributed by atoms with Crippen molar-refractivity contribution < 1.29 is 24.3 Å². The number of aromatic amines is 2. The number of nitrogens with zero attached hydrogens (tertiary/aromatic N) is 2. The van der Waals surface area contributed by atoms with E-state index in [4.69, 9.17) is 11.5 Å². The smallest absolute Gasteiger partial charge is 0.327 e. The number of rotatable bonds is 16. The van der Waals surface area contributed by atoms with Crippen molar-refractivity contribution in [3.63, 3.8) is 0 Å². The molecule has 4 unspecified atom stereocenters. The molecule has 0 aromatic carbocycles. The second-order valence-electron chi connectivity index (χ2n) is 8.16. The highest BCUT2D eigenvalue weighted by molar-refractivity contribution is 7.80. The minimum Gasteiger partial charge on any atom is -0.480 e. The number of H-pyrrole nitrogens is 2. The van der Waals surface area contributed by atoms with Gasteiger partial charge in [-0.2, -0.15) is 12.6 Å². The van der Waals surface area contributed by atoms with E-state index < -0.39 is 47.9 Å². The first kappa shape index (κ1) is 28.8. The van der Waals surface area contributed by atoms with Gasteiger partial charge in [-0.3, -0.25) is 14.4 Å². The molecule has 3 amide bonds. The Labute approximate surface area is 213 Å². The lowest BCUT2D eigenvalue weighted by Crippen LogP contribution is -2.58. The Bertz CT molecular complexity index is 971. The van der Waals surface area contributed by atoms with Crippen LogP contribution in [-0.2, 0) is 32.0 Å². The molecule has 4 atom stereocenters. The second-order valence-corrected chi connectivity index (χ2v) is 8.52. The first-order valence-corrected chi connectivity index (χ1v) is 12.0. The van der Waals surface area contributed by atoms with Crippen molar-refractivity contribution in [1.82, 2.24) is 35.9 Å². The molecule has 0 saturated carbocycles. The Kier molecular flexibility index (Phi) is 11.9. The molecule has 0 aliphatic rings. The average Bonchev–Trinajstić information content (AvgIpc) is 3.55. The fraction of sp³-hybridized carbons (Fsp3) is 0.524. The van der Waals surface area contributed by atoms with Gasteiger partial charge in [-0.1, -0.05) is 0 Å². The summed E-state index contributed by atoms with van der Waals surface area (Å²) in [6, 6.07) is -4.32. The molecule has 36 heavy (non-hydrogen) atoms. The fourth-order valence-electron chi connectivity index (χ4n) is 3.32. The van der Waals surface area contributed by atoms with Crippen molar-refractivity contribution >= 4 is 36.3 Å². The number of hydrogen-bond acceptors (Lipinski definition) is 9. The van der Waals surface area contributed by atoms with E-state index in [-0.39, 0.29) is 25.0 Å². The number of nitrogens with one attached hydrogen (secondary N) is 5. The average molecular weight is 524 g/mol. The Morgan fingerprint density at radius 1 is 0.889 bits per heavy atom. The number of carboxylic acids is 1. The van der Waals surface area contributed by atoms with Crippen LogP contribution in [0.1, 0.15) is 30.7 Å². The number of carbonyl (C=O) groups excluding carboxylic acids is 3. The van der Waals surface area contributed by atoms with Crippen LogP contribution in [0.4, 0.5) is 0 Å². The lowest BCUT2D eigenvalue weighted by molar-refractivity contribution is -0.141. The van der Waals surface area contributed by atoms with Gasteiger partial charge < -0.3 is 42.5 Å². The molecule has 2 rings (SSSR count). The van der Waals surface area contributed by atoms with E-state index >= 15 is 0 Å². The van der Waals surface area contributed by atoms with Crippen LogP contribution >= 0.6 is 12.6 Å². The Balaban J connectivity index is 2.13. The standard InChI is InChI=1S/C21H33N9O5S/c22-4-2-1-3-15(28-18(31)14(23)5-12-7-24-10-26-12)19(32)29-16(6-13-8-25-11-27-13)20(33)30-17(9-36)21(34)35/h7-8,10-11,14-17,36H,1-6,9,22-23H2,(H,24,26)(H,25,27)(H,28,31)(H,29,32)(H,30,33)(H,34,35). The summed E-state index contributed by atoms with van der Waals surface area (Å²) in [5, 5.41) is 16.9. The topological polar surface area (TPSA) is 234 Å². The quantitative estimate of drug-likeness (QED) is 0.0859. The summed E-state index contributed by atoms with van der Waals surface area (Å²) >= 11 is 3.95. The van der Waals surface area contributed by atoms with E-state index in [1.807, 2.05) is 0 Å². The molecule has 0 spiro atoms. The summed E-state index contributed by atoms with van der Waals surface area (Å²) in [5.74, 6) is -3.29. The zero-order chi connectivity index (χ0) is 26.5. The highest BCUT2D eigenvalue weighted by atomic mass is 32.1. The van der Waals surface area contributed by atoms with E-state index in [1.165, 1.54) is 18.9 Å². The van der Waals surface area contributed by atoms with Crippen molar-refractivity contribution in [2.45, 2.75) is 56.3 Å². The van der Waals surface area contributed by atoms with Gasteiger partial charge >= 0.3 is 5.97 Å². The number of aromatic nitrogens is 4. The SMILES string of the molecule is NCCCCC(NC(=O)C(N)Cc1cnc[nH]1)C(=O)NC(Cc1cnc[nH]1)C(=O)NC(CS)C(=O)O. The maximum Gasteiger partial charge on any atom is 0.327 e. The zero-order valence-corrected chi connectivity index (χ0v) is 20.5. The maximum atomic E-state index is 13.2. The first-order valence-electron chi connectivity index (χ1n) is 11.4. The fourth-order valence-corrected chi connectivity index (χ4v) is 3.57. The van der Waals surface area contributed by atoms with E-state index in [1.54, 1.807) is 6.20 Å². The zero-order valence-electron chi connectivity index (χ0n) is 19.6. The molecule has 0 saturated heterocycles. The van der Waals surface area contributed by atoms with Crippen LogP contribution in [0, 0.1) is 0 Å². The summed E-state index contributed by atoms with van der Waals surface area (Å²) in [6.07, 6.45) is 7.54. The van der Waals surface area contributed by atoms with Crippen molar-refractivity contribution in [1.29, 1.82) is 0 Å². The third-order valence-electron chi connectivity index (χ3n) is 5.32. The van der Waals surface area contributed by atoms with E-state index in [9.17, 15) is 24.3 Å². The molecule has 0 radical (unpaired) electrons. The van der Waals surface area contributed by atoms with Gasteiger partial charge in [0, 0.05) is 42.4 Å². The van der Waals surface area contributed by atoms with Gasteiger partial charge in [0.2, 0.25) is 17.7 Å². The number of thiol groups is 1. The number of carbonyl (C=O) groups is 4. The van der Waals surface area contributed by atoms with Gasteiger partial charge in [0.15, 0.2) is 0 Å². The highest BCUT2D eigenvalue weighted by Crippen LogP contribution is 2.06. The summed E-state index contributed by atoms with van der Waals surface area (Å²) in [7, 11) is 0. The van der Waals surface area contributed by atoms with Gasteiger partial charge in [0.25, 0.3) is 0 Å². The molecule has 15 heteroatoms. The molecule has 2 heterocycles. The lowest BCUT2D eigenvalue weighted by atomic mass is 10.0. The monoisotopic (exact) mass is 523 g/mol. The molecule has 10 N–H and O–H groups in total. The number of imidazole rings is 2. The number of aliphatic carboxylic acids is 1. The Morgan fingerprint density at radius 2 is 1.44 bits per heavy atom. The van der Waals surface area contributed by atoms with E-state index in [2.05, 4.69) is 48.5 Å². The lowest BCUT2D eigenvalue weighted by Gasteiger charge is -2.25. The summed E-state index contributed by atoms with van der Waals surface area (Å²) in [5.41, 5.74) is 12.8. The molecule has 0 aliphatic heterocycles. The summed E-state index contributed by atoms with van der Waals surface area (Å²) in [4.78, 5) is 63.6. The molecular weight excluding hydrogens is 490 g/mol. The van der Waals surface area contributed by atoms with Crippen molar-refractivity contribution in [3.05, 3.63) is 36.4 Å². The minimum absolute atomic E-state index is 0.0132. The number of amides is 3. The third-order valence-corrected chi connectivity index (χ3v) is 5.69. The van der Waals surface area contributed by atoms with Gasteiger partial charge in [0.05, 0.1) is 18.7 Å². The predicted molar refractivity (Wildman–Crippen MR) is 133 cm³/mol.